The molecule has 5 heteroatoms. The number of carbonyl (C=O) groups excluding carboxylic acids is 1. The van der Waals surface area contributed by atoms with Crippen LogP contribution in [0, 0.1) is 16.7 Å². The number of nitrogens with one attached hydrogen (secondary N) is 1. The van der Waals surface area contributed by atoms with Gasteiger partial charge in [0.15, 0.2) is 11.5 Å². The number of rotatable bonds is 3. The third-order valence-electron chi connectivity index (χ3n) is 2.80. The van der Waals surface area contributed by atoms with E-state index in [2.05, 4.69) is 11.4 Å². The van der Waals surface area contributed by atoms with Crippen molar-refractivity contribution in [1.82, 2.24) is 5.32 Å². The Morgan fingerprint density at radius 3 is 2.89 bits per heavy atom. The highest BCUT2D eigenvalue weighted by molar-refractivity contribution is 5.97. The first kappa shape index (κ1) is 13.2. The first-order valence-corrected chi connectivity index (χ1v) is 6.11. The van der Waals surface area contributed by atoms with E-state index >= 15 is 0 Å². The fourth-order valence-corrected chi connectivity index (χ4v) is 1.69. The van der Waals surface area contributed by atoms with Gasteiger partial charge in [-0.3, -0.25) is 4.79 Å². The van der Waals surface area contributed by atoms with Gasteiger partial charge in [-0.1, -0.05) is 6.07 Å². The fourth-order valence-electron chi connectivity index (χ4n) is 1.69. The molecule has 0 unspecified atom stereocenters. The van der Waals surface area contributed by atoms with Gasteiger partial charge in [0.25, 0.3) is 5.91 Å². The highest BCUT2D eigenvalue weighted by Gasteiger charge is 2.22. The highest BCUT2D eigenvalue weighted by Crippen LogP contribution is 2.33. The monoisotopic (exact) mass is 260 g/mol. The number of para-hydroxylation sites is 1. The van der Waals surface area contributed by atoms with Crippen LogP contribution in [0.4, 0.5) is 0 Å². The van der Waals surface area contributed by atoms with Crippen LogP contribution in [-0.2, 0) is 0 Å². The SMILES string of the molecule is CC(C)(C#N)CNC(=O)c1cccc2c1OCCO2. The van der Waals surface area contributed by atoms with Crippen LogP contribution >= 0.6 is 0 Å². The number of hydrogen-bond donors (Lipinski definition) is 1. The molecule has 0 saturated heterocycles. The molecule has 1 heterocycles. The normalized spacial score (nSPS) is 13.5. The predicted octanol–water partition coefficient (Wildman–Crippen LogP) is 1.74. The van der Waals surface area contributed by atoms with E-state index in [0.29, 0.717) is 30.3 Å². The molecule has 0 aromatic heterocycles. The quantitative estimate of drug-likeness (QED) is 0.898. The topological polar surface area (TPSA) is 71.4 Å². The number of nitrogens with zero attached hydrogens (tertiary/aromatic N) is 1. The lowest BCUT2D eigenvalue weighted by atomic mass is 9.96. The summed E-state index contributed by atoms with van der Waals surface area (Å²) in [4.78, 5) is 12.1. The van der Waals surface area contributed by atoms with Crippen LogP contribution in [0.3, 0.4) is 0 Å². The zero-order chi connectivity index (χ0) is 13.9. The number of ether oxygens (including phenoxy) is 2. The second-order valence-corrected chi connectivity index (χ2v) is 5.01. The largest absolute Gasteiger partial charge is 0.486 e. The van der Waals surface area contributed by atoms with Crippen LogP contribution in [-0.4, -0.2) is 25.7 Å². The zero-order valence-corrected chi connectivity index (χ0v) is 11.0. The van der Waals surface area contributed by atoms with Gasteiger partial charge in [-0.15, -0.1) is 0 Å². The molecule has 19 heavy (non-hydrogen) atoms. The van der Waals surface area contributed by atoms with Crippen LogP contribution in [0.15, 0.2) is 18.2 Å². The van der Waals surface area contributed by atoms with Crippen LogP contribution in [0.5, 0.6) is 11.5 Å². The standard InChI is InChI=1S/C14H16N2O3/c1-14(2,8-15)9-16-13(17)10-4-3-5-11-12(10)19-7-6-18-11/h3-5H,6-7,9H2,1-2H3,(H,16,17). The van der Waals surface area contributed by atoms with Gasteiger partial charge < -0.3 is 14.8 Å². The maximum Gasteiger partial charge on any atom is 0.255 e. The molecule has 1 amide bonds. The predicted molar refractivity (Wildman–Crippen MR) is 69.2 cm³/mol. The zero-order valence-electron chi connectivity index (χ0n) is 11.0. The van der Waals surface area contributed by atoms with Crippen LogP contribution in [0.2, 0.25) is 0 Å². The van der Waals surface area contributed by atoms with E-state index < -0.39 is 5.41 Å². The number of fused-ring (bicyclic) bond motifs is 1. The van der Waals surface area contributed by atoms with Gasteiger partial charge >= 0.3 is 0 Å². The van der Waals surface area contributed by atoms with Gasteiger partial charge in [-0.05, 0) is 26.0 Å². The van der Waals surface area contributed by atoms with Crippen molar-refractivity contribution in [2.45, 2.75) is 13.8 Å². The molecule has 0 atom stereocenters. The second-order valence-electron chi connectivity index (χ2n) is 5.01. The van der Waals surface area contributed by atoms with Crippen molar-refractivity contribution in [2.75, 3.05) is 19.8 Å². The van der Waals surface area contributed by atoms with Crippen molar-refractivity contribution < 1.29 is 14.3 Å². The summed E-state index contributed by atoms with van der Waals surface area (Å²) >= 11 is 0. The fraction of sp³-hybridized carbons (Fsp3) is 0.429. The summed E-state index contributed by atoms with van der Waals surface area (Å²) in [6.07, 6.45) is 0. The summed E-state index contributed by atoms with van der Waals surface area (Å²) in [5, 5.41) is 11.7. The molecule has 0 radical (unpaired) electrons. The highest BCUT2D eigenvalue weighted by atomic mass is 16.6. The Hall–Kier alpha value is -2.22. The van der Waals surface area contributed by atoms with Gasteiger partial charge in [0.1, 0.15) is 13.2 Å². The number of benzene rings is 1. The van der Waals surface area contributed by atoms with Gasteiger partial charge in [-0.25, -0.2) is 0 Å². The van der Waals surface area contributed by atoms with Gasteiger partial charge in [0.2, 0.25) is 0 Å². The molecular formula is C14H16N2O3. The third kappa shape index (κ3) is 2.97. The Kier molecular flexibility index (Phi) is 3.61. The van der Waals surface area contributed by atoms with Gasteiger partial charge in [0.05, 0.1) is 17.0 Å². The molecule has 0 fully saturated rings. The van der Waals surface area contributed by atoms with Crippen molar-refractivity contribution >= 4 is 5.91 Å². The molecule has 1 aromatic carbocycles. The summed E-state index contributed by atoms with van der Waals surface area (Å²) in [6.45, 7) is 4.74. The van der Waals surface area contributed by atoms with E-state index in [1.54, 1.807) is 32.0 Å². The van der Waals surface area contributed by atoms with E-state index in [1.165, 1.54) is 0 Å². The molecule has 1 aliphatic rings. The maximum atomic E-state index is 12.1. The van der Waals surface area contributed by atoms with Crippen molar-refractivity contribution in [3.8, 4) is 17.6 Å². The average Bonchev–Trinajstić information content (AvgIpc) is 2.44. The molecule has 1 aliphatic heterocycles. The first-order chi connectivity index (χ1) is 9.03. The minimum absolute atomic E-state index is 0.259. The Labute approximate surface area is 112 Å². The van der Waals surface area contributed by atoms with E-state index in [4.69, 9.17) is 14.7 Å². The Morgan fingerprint density at radius 2 is 2.16 bits per heavy atom. The van der Waals surface area contributed by atoms with E-state index in [9.17, 15) is 4.79 Å². The van der Waals surface area contributed by atoms with Crippen molar-refractivity contribution in [3.05, 3.63) is 23.8 Å². The Morgan fingerprint density at radius 1 is 1.42 bits per heavy atom. The van der Waals surface area contributed by atoms with Gasteiger partial charge in [0, 0.05) is 6.54 Å². The molecule has 0 saturated carbocycles. The average molecular weight is 260 g/mol. The Bertz CT molecular complexity index is 532. The number of nitriles is 1. The maximum absolute atomic E-state index is 12.1. The summed E-state index contributed by atoms with van der Waals surface area (Å²) in [6, 6.07) is 7.34. The molecule has 100 valence electrons. The molecule has 0 bridgehead atoms. The lowest BCUT2D eigenvalue weighted by Gasteiger charge is -2.21. The van der Waals surface area contributed by atoms with Crippen molar-refractivity contribution in [2.24, 2.45) is 5.41 Å². The summed E-state index contributed by atoms with van der Waals surface area (Å²) in [5.41, 5.74) is -0.159. The molecule has 0 aliphatic carbocycles. The Balaban J connectivity index is 2.14. The molecule has 0 spiro atoms. The smallest absolute Gasteiger partial charge is 0.255 e. The lowest BCUT2D eigenvalue weighted by Crippen LogP contribution is -2.33. The minimum Gasteiger partial charge on any atom is -0.486 e. The van der Waals surface area contributed by atoms with Gasteiger partial charge in [-0.2, -0.15) is 5.26 Å². The number of hydrogen-bond acceptors (Lipinski definition) is 4. The molecule has 2 rings (SSSR count). The summed E-state index contributed by atoms with van der Waals surface area (Å²) in [5.74, 6) is 0.796. The molecule has 5 nitrogen and oxygen atoms in total. The van der Waals surface area contributed by atoms with E-state index in [0.717, 1.165) is 0 Å². The first-order valence-electron chi connectivity index (χ1n) is 6.11. The lowest BCUT2D eigenvalue weighted by molar-refractivity contribution is 0.0932. The van der Waals surface area contributed by atoms with E-state index in [1.807, 2.05) is 0 Å². The van der Waals surface area contributed by atoms with Crippen molar-refractivity contribution in [3.63, 3.8) is 0 Å². The third-order valence-corrected chi connectivity index (χ3v) is 2.80. The number of amides is 1. The van der Waals surface area contributed by atoms with Crippen LogP contribution in [0.25, 0.3) is 0 Å². The molecule has 1 N–H and O–H groups in total. The van der Waals surface area contributed by atoms with E-state index in [-0.39, 0.29) is 12.5 Å². The van der Waals surface area contributed by atoms with Crippen LogP contribution in [0.1, 0.15) is 24.2 Å². The summed E-state index contributed by atoms with van der Waals surface area (Å²) in [7, 11) is 0. The van der Waals surface area contributed by atoms with Crippen molar-refractivity contribution in [1.29, 1.82) is 5.26 Å². The number of carbonyl (C=O) groups is 1. The van der Waals surface area contributed by atoms with Crippen LogP contribution < -0.4 is 14.8 Å². The molecular weight excluding hydrogens is 244 g/mol. The minimum atomic E-state index is -0.595. The summed E-state index contributed by atoms with van der Waals surface area (Å²) < 4.78 is 10.9. The second kappa shape index (κ2) is 5.19. The molecule has 1 aromatic rings.